The van der Waals surface area contributed by atoms with Crippen molar-refractivity contribution < 1.29 is 9.47 Å². The van der Waals surface area contributed by atoms with Crippen molar-refractivity contribution in [1.29, 1.82) is 0 Å². The summed E-state index contributed by atoms with van der Waals surface area (Å²) in [6, 6.07) is 0.895. The van der Waals surface area contributed by atoms with Gasteiger partial charge in [-0.1, -0.05) is 0 Å². The lowest BCUT2D eigenvalue weighted by Gasteiger charge is -2.30. The normalized spacial score (nSPS) is 30.5. The van der Waals surface area contributed by atoms with Crippen LogP contribution in [-0.2, 0) is 9.47 Å². The Morgan fingerprint density at radius 3 is 1.67 bits per heavy atom. The topological polar surface area (TPSA) is 42.5 Å². The molecule has 0 aromatic carbocycles. The van der Waals surface area contributed by atoms with E-state index in [1.165, 1.54) is 0 Å². The summed E-state index contributed by atoms with van der Waals surface area (Å²) in [6.45, 7) is 3.46. The summed E-state index contributed by atoms with van der Waals surface area (Å²) in [7, 11) is 3.45. The van der Waals surface area contributed by atoms with Crippen LogP contribution in [0.1, 0.15) is 0 Å². The second-order valence-corrected chi connectivity index (χ2v) is 3.12. The molecule has 1 saturated heterocycles. The molecule has 0 saturated carbocycles. The van der Waals surface area contributed by atoms with E-state index in [0.717, 1.165) is 26.3 Å². The minimum absolute atomic E-state index is 0.447. The molecule has 1 aliphatic rings. The van der Waals surface area contributed by atoms with Gasteiger partial charge in [-0.25, -0.2) is 0 Å². The van der Waals surface area contributed by atoms with Crippen LogP contribution in [0.5, 0.6) is 0 Å². The van der Waals surface area contributed by atoms with E-state index < -0.39 is 0 Å². The van der Waals surface area contributed by atoms with Crippen LogP contribution in [0.25, 0.3) is 0 Å². The van der Waals surface area contributed by atoms with Crippen LogP contribution in [0, 0.1) is 0 Å². The largest absolute Gasteiger partial charge is 0.383 e. The van der Waals surface area contributed by atoms with Crippen LogP contribution in [-0.4, -0.2) is 52.6 Å². The molecule has 0 aromatic rings. The molecule has 4 heteroatoms. The minimum atomic E-state index is 0.447. The van der Waals surface area contributed by atoms with Crippen molar-refractivity contribution in [3.05, 3.63) is 0 Å². The van der Waals surface area contributed by atoms with E-state index in [0.29, 0.717) is 12.1 Å². The number of piperazine rings is 1. The van der Waals surface area contributed by atoms with Crippen molar-refractivity contribution in [3.8, 4) is 0 Å². The molecule has 0 bridgehead atoms. The third-order valence-corrected chi connectivity index (χ3v) is 2.04. The molecule has 1 heterocycles. The molecule has 1 aliphatic heterocycles. The first kappa shape index (κ1) is 9.92. The lowest BCUT2D eigenvalue weighted by molar-refractivity contribution is 0.122. The highest BCUT2D eigenvalue weighted by Crippen LogP contribution is 1.94. The summed E-state index contributed by atoms with van der Waals surface area (Å²) in [5, 5.41) is 6.77. The van der Waals surface area contributed by atoms with Crippen molar-refractivity contribution in [1.82, 2.24) is 10.6 Å². The monoisotopic (exact) mass is 174 g/mol. The standard InChI is InChI=1S/C8H18N2O2/c1-11-5-7-3-10-8(4-9-7)6-12-2/h7-10H,3-6H2,1-2H3/t7-,8+. The fourth-order valence-corrected chi connectivity index (χ4v) is 1.40. The van der Waals surface area contributed by atoms with Gasteiger partial charge in [0.1, 0.15) is 0 Å². The van der Waals surface area contributed by atoms with Crippen molar-refractivity contribution in [2.75, 3.05) is 40.5 Å². The maximum atomic E-state index is 5.04. The Labute approximate surface area is 73.6 Å². The lowest BCUT2D eigenvalue weighted by atomic mass is 10.2. The van der Waals surface area contributed by atoms with Crippen molar-refractivity contribution >= 4 is 0 Å². The molecule has 2 atom stereocenters. The second kappa shape index (κ2) is 5.48. The predicted molar refractivity (Wildman–Crippen MR) is 47.3 cm³/mol. The Morgan fingerprint density at radius 2 is 1.42 bits per heavy atom. The molecule has 0 aromatic heterocycles. The van der Waals surface area contributed by atoms with Gasteiger partial charge < -0.3 is 20.1 Å². The van der Waals surface area contributed by atoms with Gasteiger partial charge in [0.25, 0.3) is 0 Å². The Hall–Kier alpha value is -0.160. The van der Waals surface area contributed by atoms with Crippen molar-refractivity contribution in [3.63, 3.8) is 0 Å². The Kier molecular flexibility index (Phi) is 4.53. The number of hydrogen-bond acceptors (Lipinski definition) is 4. The number of hydrogen-bond donors (Lipinski definition) is 2. The van der Waals surface area contributed by atoms with Crippen molar-refractivity contribution in [2.45, 2.75) is 12.1 Å². The molecule has 72 valence electrons. The summed E-state index contributed by atoms with van der Waals surface area (Å²) >= 11 is 0. The van der Waals surface area contributed by atoms with Crippen LogP contribution in [0.4, 0.5) is 0 Å². The summed E-state index contributed by atoms with van der Waals surface area (Å²) in [4.78, 5) is 0. The van der Waals surface area contributed by atoms with E-state index in [1.54, 1.807) is 14.2 Å². The Balaban J connectivity index is 2.11. The van der Waals surface area contributed by atoms with Crippen molar-refractivity contribution in [2.24, 2.45) is 0 Å². The smallest absolute Gasteiger partial charge is 0.0628 e. The highest BCUT2D eigenvalue weighted by molar-refractivity contribution is 4.82. The van der Waals surface area contributed by atoms with Crippen LogP contribution in [0.2, 0.25) is 0 Å². The first-order chi connectivity index (χ1) is 5.86. The van der Waals surface area contributed by atoms with E-state index in [4.69, 9.17) is 9.47 Å². The number of ether oxygens (including phenoxy) is 2. The minimum Gasteiger partial charge on any atom is -0.383 e. The molecule has 0 radical (unpaired) electrons. The molecular formula is C8H18N2O2. The Morgan fingerprint density at radius 1 is 1.00 bits per heavy atom. The van der Waals surface area contributed by atoms with Gasteiger partial charge in [0, 0.05) is 39.4 Å². The molecular weight excluding hydrogens is 156 g/mol. The fourth-order valence-electron chi connectivity index (χ4n) is 1.40. The number of rotatable bonds is 4. The quantitative estimate of drug-likeness (QED) is 0.586. The molecule has 0 spiro atoms. The summed E-state index contributed by atoms with van der Waals surface area (Å²) in [6.07, 6.45) is 0. The highest BCUT2D eigenvalue weighted by Gasteiger charge is 2.18. The van der Waals surface area contributed by atoms with E-state index >= 15 is 0 Å². The lowest BCUT2D eigenvalue weighted by Crippen LogP contribution is -2.57. The first-order valence-electron chi connectivity index (χ1n) is 4.31. The summed E-state index contributed by atoms with van der Waals surface area (Å²) in [5.41, 5.74) is 0. The van der Waals surface area contributed by atoms with Gasteiger partial charge >= 0.3 is 0 Å². The third-order valence-electron chi connectivity index (χ3n) is 2.04. The van der Waals surface area contributed by atoms with E-state index in [2.05, 4.69) is 10.6 Å². The molecule has 12 heavy (non-hydrogen) atoms. The van der Waals surface area contributed by atoms with Gasteiger partial charge in [0.2, 0.25) is 0 Å². The van der Waals surface area contributed by atoms with Gasteiger partial charge in [-0.3, -0.25) is 0 Å². The maximum absolute atomic E-state index is 5.04. The highest BCUT2D eigenvalue weighted by atomic mass is 16.5. The zero-order valence-electron chi connectivity index (χ0n) is 7.80. The molecule has 0 aliphatic carbocycles. The van der Waals surface area contributed by atoms with Gasteiger partial charge in [0.05, 0.1) is 13.2 Å². The van der Waals surface area contributed by atoms with E-state index in [1.807, 2.05) is 0 Å². The van der Waals surface area contributed by atoms with E-state index in [-0.39, 0.29) is 0 Å². The summed E-state index contributed by atoms with van der Waals surface area (Å²) in [5.74, 6) is 0. The average molecular weight is 174 g/mol. The van der Waals surface area contributed by atoms with Crippen LogP contribution >= 0.6 is 0 Å². The Bertz CT molecular complexity index is 99.6. The van der Waals surface area contributed by atoms with Crippen LogP contribution in [0.3, 0.4) is 0 Å². The molecule has 4 nitrogen and oxygen atoms in total. The predicted octanol–water partition coefficient (Wildman–Crippen LogP) is -0.791. The summed E-state index contributed by atoms with van der Waals surface area (Å²) < 4.78 is 10.1. The van der Waals surface area contributed by atoms with Gasteiger partial charge in [0.15, 0.2) is 0 Å². The molecule has 1 fully saturated rings. The molecule has 0 unspecified atom stereocenters. The zero-order valence-corrected chi connectivity index (χ0v) is 7.80. The SMILES string of the molecule is COC[C@H]1CN[C@H](COC)CN1. The molecule has 2 N–H and O–H groups in total. The van der Waals surface area contributed by atoms with Crippen LogP contribution < -0.4 is 10.6 Å². The zero-order chi connectivity index (χ0) is 8.81. The number of nitrogens with one attached hydrogen (secondary N) is 2. The second-order valence-electron chi connectivity index (χ2n) is 3.12. The number of methoxy groups -OCH3 is 2. The fraction of sp³-hybridized carbons (Fsp3) is 1.00. The van der Waals surface area contributed by atoms with Gasteiger partial charge in [-0.2, -0.15) is 0 Å². The van der Waals surface area contributed by atoms with Gasteiger partial charge in [-0.05, 0) is 0 Å². The third kappa shape index (κ3) is 3.06. The first-order valence-corrected chi connectivity index (χ1v) is 4.31. The maximum Gasteiger partial charge on any atom is 0.0628 e. The molecule has 0 amide bonds. The van der Waals surface area contributed by atoms with Crippen LogP contribution in [0.15, 0.2) is 0 Å². The van der Waals surface area contributed by atoms with E-state index in [9.17, 15) is 0 Å². The molecule has 1 rings (SSSR count). The van der Waals surface area contributed by atoms with Gasteiger partial charge in [-0.15, -0.1) is 0 Å². The average Bonchev–Trinajstić information content (AvgIpc) is 2.09.